The molecule has 1 aliphatic rings. The molecule has 0 amide bonds. The molecule has 5 nitrogen and oxygen atoms in total. The number of ether oxygens (including phenoxy) is 1. The van der Waals surface area contributed by atoms with Crippen LogP contribution in [-0.2, 0) is 16.4 Å². The molecule has 0 spiro atoms. The fraction of sp³-hybridized carbons (Fsp3) is 0.333. The van der Waals surface area contributed by atoms with Gasteiger partial charge in [-0.15, -0.1) is 12.4 Å². The minimum absolute atomic E-state index is 0. The van der Waals surface area contributed by atoms with Crippen molar-refractivity contribution in [3.8, 4) is 5.75 Å². The van der Waals surface area contributed by atoms with Gasteiger partial charge in [-0.25, -0.2) is 16.8 Å². The monoisotopic (exact) mass is 516 g/mol. The third kappa shape index (κ3) is 4.37. The first-order chi connectivity index (χ1) is 13.9. The predicted molar refractivity (Wildman–Crippen MR) is 122 cm³/mol. The minimum Gasteiger partial charge on any atom is -0.490 e. The van der Waals surface area contributed by atoms with Crippen molar-refractivity contribution in [1.82, 2.24) is 9.29 Å². The SMILES string of the molecule is CCc1ccc(S(=O)(=O)n2cc(Br)c3cc(F)ccc32)cc1OC1CCNCC1.Cl. The highest BCUT2D eigenvalue weighted by molar-refractivity contribution is 9.10. The Morgan fingerprint density at radius 2 is 1.93 bits per heavy atom. The third-order valence-corrected chi connectivity index (χ3v) is 7.54. The zero-order valence-electron chi connectivity index (χ0n) is 16.4. The van der Waals surface area contributed by atoms with Gasteiger partial charge in [0.25, 0.3) is 10.0 Å². The lowest BCUT2D eigenvalue weighted by molar-refractivity contribution is 0.160. The van der Waals surface area contributed by atoms with Crippen LogP contribution < -0.4 is 10.1 Å². The summed E-state index contributed by atoms with van der Waals surface area (Å²) in [6, 6.07) is 9.07. The van der Waals surface area contributed by atoms with E-state index in [2.05, 4.69) is 21.2 Å². The van der Waals surface area contributed by atoms with Gasteiger partial charge in [0.05, 0.1) is 10.4 Å². The molecule has 0 unspecified atom stereocenters. The molecular formula is C21H23BrClFN2O3S. The third-order valence-electron chi connectivity index (χ3n) is 5.24. The number of halogens is 3. The van der Waals surface area contributed by atoms with Crippen molar-refractivity contribution in [2.75, 3.05) is 13.1 Å². The molecule has 0 radical (unpaired) electrons. The molecule has 1 aliphatic heterocycles. The molecule has 2 aromatic carbocycles. The summed E-state index contributed by atoms with van der Waals surface area (Å²) < 4.78 is 48.2. The van der Waals surface area contributed by atoms with E-state index in [9.17, 15) is 12.8 Å². The van der Waals surface area contributed by atoms with Crippen LogP contribution in [0.1, 0.15) is 25.3 Å². The second-order valence-corrected chi connectivity index (χ2v) is 9.80. The predicted octanol–water partition coefficient (Wildman–Crippen LogP) is 4.89. The van der Waals surface area contributed by atoms with E-state index in [1.165, 1.54) is 28.4 Å². The van der Waals surface area contributed by atoms with Gasteiger partial charge in [-0.05, 0) is 78.1 Å². The van der Waals surface area contributed by atoms with Crippen LogP contribution in [0.25, 0.3) is 10.9 Å². The molecule has 1 fully saturated rings. The number of hydrogen-bond donors (Lipinski definition) is 1. The van der Waals surface area contributed by atoms with Crippen LogP contribution in [0.5, 0.6) is 5.75 Å². The summed E-state index contributed by atoms with van der Waals surface area (Å²) in [6.45, 7) is 3.80. The van der Waals surface area contributed by atoms with E-state index in [1.54, 1.807) is 12.1 Å². The maximum absolute atomic E-state index is 13.6. The number of aromatic nitrogens is 1. The molecule has 0 aliphatic carbocycles. The van der Waals surface area contributed by atoms with Crippen molar-refractivity contribution in [2.45, 2.75) is 37.2 Å². The molecule has 162 valence electrons. The van der Waals surface area contributed by atoms with Crippen LogP contribution >= 0.6 is 28.3 Å². The molecule has 0 bridgehead atoms. The maximum Gasteiger partial charge on any atom is 0.268 e. The second-order valence-electron chi connectivity index (χ2n) is 7.13. The van der Waals surface area contributed by atoms with Crippen molar-refractivity contribution < 1.29 is 17.5 Å². The molecule has 1 saturated heterocycles. The molecule has 9 heteroatoms. The van der Waals surface area contributed by atoms with E-state index < -0.39 is 15.8 Å². The van der Waals surface area contributed by atoms with Gasteiger partial charge >= 0.3 is 0 Å². The van der Waals surface area contributed by atoms with Crippen molar-refractivity contribution in [2.24, 2.45) is 0 Å². The lowest BCUT2D eigenvalue weighted by Gasteiger charge is -2.25. The van der Waals surface area contributed by atoms with Crippen LogP contribution in [0.3, 0.4) is 0 Å². The number of fused-ring (bicyclic) bond motifs is 1. The van der Waals surface area contributed by atoms with Gasteiger partial charge in [-0.3, -0.25) is 0 Å². The molecule has 0 saturated carbocycles. The largest absolute Gasteiger partial charge is 0.490 e. The Morgan fingerprint density at radius 3 is 2.63 bits per heavy atom. The average Bonchev–Trinajstić information content (AvgIpc) is 3.05. The standard InChI is InChI=1S/C21H22BrFN2O3S.ClH/c1-2-14-3-5-17(12-21(14)28-16-7-9-24-10-8-16)29(26,27)25-13-19(22)18-11-15(23)4-6-20(18)25;/h3-6,11-13,16,24H,2,7-10H2,1H3;1H. The maximum atomic E-state index is 13.6. The Hall–Kier alpha value is -1.61. The number of piperidine rings is 1. The van der Waals surface area contributed by atoms with Crippen LogP contribution in [0, 0.1) is 5.82 Å². The molecule has 4 rings (SSSR count). The summed E-state index contributed by atoms with van der Waals surface area (Å²) in [7, 11) is -3.87. The average molecular weight is 518 g/mol. The van der Waals surface area contributed by atoms with Crippen molar-refractivity contribution >= 4 is 49.3 Å². The van der Waals surface area contributed by atoms with Crippen LogP contribution in [0.4, 0.5) is 4.39 Å². The molecule has 0 atom stereocenters. The molecule has 30 heavy (non-hydrogen) atoms. The summed E-state index contributed by atoms with van der Waals surface area (Å²) in [4.78, 5) is 0.146. The molecule has 3 aromatic rings. The number of rotatable bonds is 5. The summed E-state index contributed by atoms with van der Waals surface area (Å²) in [5, 5.41) is 3.80. The van der Waals surface area contributed by atoms with Crippen LogP contribution in [0.15, 0.2) is 52.0 Å². The van der Waals surface area contributed by atoms with E-state index in [1.807, 2.05) is 13.0 Å². The topological polar surface area (TPSA) is 60.3 Å². The fourth-order valence-corrected chi connectivity index (χ4v) is 5.68. The van der Waals surface area contributed by atoms with Gasteiger partial charge in [0.15, 0.2) is 0 Å². The molecule has 1 N–H and O–H groups in total. The quantitative estimate of drug-likeness (QED) is 0.523. The van der Waals surface area contributed by atoms with Gasteiger partial charge in [0.1, 0.15) is 17.7 Å². The minimum atomic E-state index is -3.87. The lowest BCUT2D eigenvalue weighted by Crippen LogP contribution is -2.34. The lowest BCUT2D eigenvalue weighted by atomic mass is 10.1. The Balaban J connectivity index is 0.00000256. The Labute approximate surface area is 190 Å². The van der Waals surface area contributed by atoms with Gasteiger partial charge in [0.2, 0.25) is 0 Å². The Bertz CT molecular complexity index is 1160. The molecular weight excluding hydrogens is 495 g/mol. The van der Waals surface area contributed by atoms with E-state index in [4.69, 9.17) is 4.74 Å². The number of nitrogens with zero attached hydrogens (tertiary/aromatic N) is 1. The molecule has 1 aromatic heterocycles. The smallest absolute Gasteiger partial charge is 0.268 e. The van der Waals surface area contributed by atoms with Crippen LogP contribution in [0.2, 0.25) is 0 Å². The summed E-state index contributed by atoms with van der Waals surface area (Å²) in [5.41, 5.74) is 1.39. The summed E-state index contributed by atoms with van der Waals surface area (Å²) >= 11 is 3.34. The van der Waals surface area contributed by atoms with E-state index in [0.717, 1.165) is 37.9 Å². The zero-order chi connectivity index (χ0) is 20.6. The van der Waals surface area contributed by atoms with Gasteiger partial charge in [-0.2, -0.15) is 0 Å². The first-order valence-corrected chi connectivity index (χ1v) is 11.9. The van der Waals surface area contributed by atoms with E-state index in [-0.39, 0.29) is 23.4 Å². The summed E-state index contributed by atoms with van der Waals surface area (Å²) in [6.07, 6.45) is 4.06. The van der Waals surface area contributed by atoms with Crippen molar-refractivity contribution in [3.63, 3.8) is 0 Å². The zero-order valence-corrected chi connectivity index (χ0v) is 19.6. The Morgan fingerprint density at radius 1 is 1.20 bits per heavy atom. The fourth-order valence-electron chi connectivity index (χ4n) is 3.64. The van der Waals surface area contributed by atoms with Crippen LogP contribution in [-0.4, -0.2) is 31.6 Å². The first-order valence-electron chi connectivity index (χ1n) is 9.62. The van der Waals surface area contributed by atoms with Crippen molar-refractivity contribution in [1.29, 1.82) is 0 Å². The van der Waals surface area contributed by atoms with E-state index in [0.29, 0.717) is 21.1 Å². The van der Waals surface area contributed by atoms with Gasteiger partial charge in [-0.1, -0.05) is 13.0 Å². The van der Waals surface area contributed by atoms with Crippen molar-refractivity contribution in [3.05, 3.63) is 58.4 Å². The first kappa shape index (κ1) is 23.1. The van der Waals surface area contributed by atoms with Gasteiger partial charge in [0, 0.05) is 22.1 Å². The number of benzene rings is 2. The number of hydrogen-bond acceptors (Lipinski definition) is 4. The second kappa shape index (κ2) is 9.26. The van der Waals surface area contributed by atoms with Gasteiger partial charge < -0.3 is 10.1 Å². The number of nitrogens with one attached hydrogen (secondary N) is 1. The highest BCUT2D eigenvalue weighted by Crippen LogP contribution is 2.32. The Kier molecular flexibility index (Phi) is 7.12. The highest BCUT2D eigenvalue weighted by atomic mass is 79.9. The summed E-state index contributed by atoms with van der Waals surface area (Å²) in [5.74, 6) is 0.195. The van der Waals surface area contributed by atoms with E-state index >= 15 is 0 Å². The normalized spacial score (nSPS) is 15.2. The highest BCUT2D eigenvalue weighted by Gasteiger charge is 2.23. The number of aryl methyl sites for hydroxylation is 1. The molecule has 2 heterocycles.